The van der Waals surface area contributed by atoms with Crippen LogP contribution in [0.2, 0.25) is 0 Å². The Labute approximate surface area is 182 Å². The van der Waals surface area contributed by atoms with Crippen LogP contribution in [-0.2, 0) is 0 Å². The van der Waals surface area contributed by atoms with E-state index in [4.69, 9.17) is 0 Å². The summed E-state index contributed by atoms with van der Waals surface area (Å²) in [5.41, 5.74) is 5.18. The Kier molecular flexibility index (Phi) is 6.32. The van der Waals surface area contributed by atoms with Gasteiger partial charge in [-0.3, -0.25) is 0 Å². The van der Waals surface area contributed by atoms with Gasteiger partial charge in [0.1, 0.15) is 0 Å². The van der Waals surface area contributed by atoms with E-state index in [1.807, 2.05) is 11.1 Å². The van der Waals surface area contributed by atoms with Crippen LogP contribution in [0.25, 0.3) is 0 Å². The molecule has 4 aliphatic carbocycles. The summed E-state index contributed by atoms with van der Waals surface area (Å²) in [6, 6.07) is 0. The van der Waals surface area contributed by atoms with Gasteiger partial charge in [0.25, 0.3) is 0 Å². The van der Waals surface area contributed by atoms with Crippen molar-refractivity contribution in [2.24, 2.45) is 46.3 Å². The molecule has 7 atom stereocenters. The Bertz CT molecular complexity index is 612. The molecule has 0 bridgehead atoms. The summed E-state index contributed by atoms with van der Waals surface area (Å²) in [6.45, 7) is 15.3. The molecule has 0 nitrogen and oxygen atoms in total. The molecule has 4 rings (SSSR count). The summed E-state index contributed by atoms with van der Waals surface area (Å²) in [7, 11) is 0. The third-order valence-corrected chi connectivity index (χ3v) is 10.9. The van der Waals surface area contributed by atoms with Crippen molar-refractivity contribution in [3.05, 3.63) is 11.1 Å². The highest BCUT2D eigenvalue weighted by atomic mass is 14.6. The molecule has 0 amide bonds. The van der Waals surface area contributed by atoms with E-state index in [0.717, 1.165) is 35.5 Å². The minimum absolute atomic E-state index is 0.564. The fraction of sp³-hybridized carbons (Fsp3) is 0.931. The molecule has 0 radical (unpaired) electrons. The lowest BCUT2D eigenvalue weighted by Crippen LogP contribution is -2.46. The topological polar surface area (TPSA) is 0 Å². The number of rotatable bonds is 6. The largest absolute Gasteiger partial charge is 0.0668 e. The van der Waals surface area contributed by atoms with Crippen LogP contribution in [0.4, 0.5) is 0 Å². The zero-order valence-electron chi connectivity index (χ0n) is 20.7. The summed E-state index contributed by atoms with van der Waals surface area (Å²) >= 11 is 0. The fourth-order valence-electron chi connectivity index (χ4n) is 9.29. The lowest BCUT2D eigenvalue weighted by atomic mass is 9.49. The third-order valence-electron chi connectivity index (χ3n) is 10.9. The summed E-state index contributed by atoms with van der Waals surface area (Å²) in [6.07, 6.45) is 19.2. The molecule has 29 heavy (non-hydrogen) atoms. The standard InChI is InChI=1S/C29H50/c1-7-22-12-9-18-28(5)25(22)14-13-23-26-16-15-24(21(4)11-8-10-20(2)3)29(26,6)19-17-27(23)28/h20-22,24-26H,7-19H2,1-6H3/t21-,22?,24-,25?,26+,28+,29-/m1/s1. The van der Waals surface area contributed by atoms with E-state index in [-0.39, 0.29) is 0 Å². The number of fused-ring (bicyclic) bond motifs is 4. The molecular formula is C29H50. The van der Waals surface area contributed by atoms with Gasteiger partial charge in [-0.1, -0.05) is 91.2 Å². The van der Waals surface area contributed by atoms with Gasteiger partial charge in [0.15, 0.2) is 0 Å². The highest BCUT2D eigenvalue weighted by molar-refractivity contribution is 5.34. The van der Waals surface area contributed by atoms with E-state index in [2.05, 4.69) is 41.5 Å². The minimum Gasteiger partial charge on any atom is -0.0668 e. The summed E-state index contributed by atoms with van der Waals surface area (Å²) in [4.78, 5) is 0. The fourth-order valence-corrected chi connectivity index (χ4v) is 9.29. The first-order valence-corrected chi connectivity index (χ1v) is 13.5. The molecule has 0 aliphatic heterocycles. The second-order valence-corrected chi connectivity index (χ2v) is 12.7. The van der Waals surface area contributed by atoms with Crippen LogP contribution < -0.4 is 0 Å². The molecule has 0 spiro atoms. The number of allylic oxidation sites excluding steroid dienone is 2. The molecule has 166 valence electrons. The highest BCUT2D eigenvalue weighted by Crippen LogP contribution is 2.66. The van der Waals surface area contributed by atoms with E-state index >= 15 is 0 Å². The molecule has 0 aromatic heterocycles. The first-order chi connectivity index (χ1) is 13.8. The summed E-state index contributed by atoms with van der Waals surface area (Å²) < 4.78 is 0. The Morgan fingerprint density at radius 2 is 1.72 bits per heavy atom. The highest BCUT2D eigenvalue weighted by Gasteiger charge is 2.56. The smallest absolute Gasteiger partial charge is 0.00826 e. The summed E-state index contributed by atoms with van der Waals surface area (Å²) in [5.74, 6) is 5.72. The van der Waals surface area contributed by atoms with Crippen LogP contribution in [0, 0.1) is 46.3 Å². The monoisotopic (exact) mass is 398 g/mol. The van der Waals surface area contributed by atoms with Gasteiger partial charge in [-0.25, -0.2) is 0 Å². The first-order valence-electron chi connectivity index (χ1n) is 13.5. The molecule has 0 aromatic carbocycles. The molecule has 4 aliphatic rings. The van der Waals surface area contributed by atoms with Gasteiger partial charge in [0, 0.05) is 0 Å². The van der Waals surface area contributed by atoms with Crippen LogP contribution in [0.1, 0.15) is 125 Å². The molecule has 0 N–H and O–H groups in total. The van der Waals surface area contributed by atoms with Crippen LogP contribution in [0.5, 0.6) is 0 Å². The van der Waals surface area contributed by atoms with Gasteiger partial charge >= 0.3 is 0 Å². The van der Waals surface area contributed by atoms with Gasteiger partial charge in [0.05, 0.1) is 0 Å². The van der Waals surface area contributed by atoms with E-state index in [0.29, 0.717) is 10.8 Å². The summed E-state index contributed by atoms with van der Waals surface area (Å²) in [5, 5.41) is 0. The minimum atomic E-state index is 0.564. The Morgan fingerprint density at radius 1 is 0.931 bits per heavy atom. The maximum atomic E-state index is 2.72. The second-order valence-electron chi connectivity index (χ2n) is 12.7. The number of hydrogen-bond acceptors (Lipinski definition) is 0. The maximum absolute atomic E-state index is 2.72. The van der Waals surface area contributed by atoms with E-state index in [1.54, 1.807) is 0 Å². The average Bonchev–Trinajstić information content (AvgIpc) is 3.03. The van der Waals surface area contributed by atoms with Crippen molar-refractivity contribution < 1.29 is 0 Å². The van der Waals surface area contributed by atoms with Gasteiger partial charge in [0.2, 0.25) is 0 Å². The maximum Gasteiger partial charge on any atom is -0.00826 e. The lowest BCUT2D eigenvalue weighted by Gasteiger charge is -2.56. The van der Waals surface area contributed by atoms with Crippen LogP contribution in [-0.4, -0.2) is 0 Å². The van der Waals surface area contributed by atoms with E-state index in [9.17, 15) is 0 Å². The van der Waals surface area contributed by atoms with Crippen molar-refractivity contribution in [1.29, 1.82) is 0 Å². The second kappa shape index (κ2) is 8.35. The molecule has 2 fully saturated rings. The van der Waals surface area contributed by atoms with Gasteiger partial charge in [-0.2, -0.15) is 0 Å². The van der Waals surface area contributed by atoms with Crippen molar-refractivity contribution in [3.8, 4) is 0 Å². The Balaban J connectivity index is 1.54. The number of hydrogen-bond donors (Lipinski definition) is 0. The quantitative estimate of drug-likeness (QED) is 0.391. The first kappa shape index (κ1) is 22.0. The van der Waals surface area contributed by atoms with Crippen molar-refractivity contribution in [1.82, 2.24) is 0 Å². The molecule has 0 heterocycles. The Morgan fingerprint density at radius 3 is 2.45 bits per heavy atom. The van der Waals surface area contributed by atoms with Crippen LogP contribution in [0.3, 0.4) is 0 Å². The molecular weight excluding hydrogens is 348 g/mol. The zero-order chi connectivity index (χ0) is 20.8. The molecule has 0 heteroatoms. The van der Waals surface area contributed by atoms with Crippen molar-refractivity contribution in [2.45, 2.75) is 125 Å². The Hall–Kier alpha value is -0.260. The van der Waals surface area contributed by atoms with Crippen LogP contribution in [0.15, 0.2) is 11.1 Å². The van der Waals surface area contributed by atoms with Gasteiger partial charge < -0.3 is 0 Å². The predicted molar refractivity (Wildman–Crippen MR) is 127 cm³/mol. The average molecular weight is 399 g/mol. The van der Waals surface area contributed by atoms with E-state index in [1.165, 1.54) is 83.5 Å². The van der Waals surface area contributed by atoms with Crippen molar-refractivity contribution in [2.75, 3.05) is 0 Å². The predicted octanol–water partition coefficient (Wildman–Crippen LogP) is 9.20. The molecule has 0 aromatic rings. The van der Waals surface area contributed by atoms with Crippen molar-refractivity contribution in [3.63, 3.8) is 0 Å². The van der Waals surface area contributed by atoms with Gasteiger partial charge in [-0.15, -0.1) is 0 Å². The SMILES string of the molecule is CCC1CCC[C@]2(C)C3=C(CCC12)[C@@H]1CC[C@H]([C@H](C)CCCC(C)C)[C@@]1(C)CC3. The molecule has 0 saturated heterocycles. The van der Waals surface area contributed by atoms with Gasteiger partial charge in [-0.05, 0) is 91.3 Å². The normalized spacial score (nSPS) is 43.1. The lowest BCUT2D eigenvalue weighted by molar-refractivity contribution is 0.0370. The van der Waals surface area contributed by atoms with Crippen LogP contribution >= 0.6 is 0 Å². The molecule has 2 saturated carbocycles. The molecule has 2 unspecified atom stereocenters. The third kappa shape index (κ3) is 3.67. The zero-order valence-corrected chi connectivity index (χ0v) is 20.7. The van der Waals surface area contributed by atoms with Crippen molar-refractivity contribution >= 4 is 0 Å². The van der Waals surface area contributed by atoms with E-state index < -0.39 is 0 Å².